The molecule has 0 radical (unpaired) electrons. The van der Waals surface area contributed by atoms with Crippen molar-refractivity contribution in [2.75, 3.05) is 26.3 Å². The molecule has 0 bridgehead atoms. The highest BCUT2D eigenvalue weighted by Crippen LogP contribution is 2.39. The molecule has 96 valence electrons. The Bertz CT molecular complexity index is 492. The lowest BCUT2D eigenvalue weighted by atomic mass is 10.0. The fourth-order valence-electron chi connectivity index (χ4n) is 2.16. The normalized spacial score (nSPS) is 22.5. The first kappa shape index (κ1) is 11.6. The van der Waals surface area contributed by atoms with E-state index in [0.29, 0.717) is 36.3 Å². The predicted molar refractivity (Wildman–Crippen MR) is 66.2 cm³/mol. The average Bonchev–Trinajstić information content (AvgIpc) is 2.39. The van der Waals surface area contributed by atoms with Crippen LogP contribution in [0.25, 0.3) is 0 Å². The fourth-order valence-corrected chi connectivity index (χ4v) is 2.44. The molecule has 1 atom stereocenters. The molecule has 0 spiro atoms. The summed E-state index contributed by atoms with van der Waals surface area (Å²) in [6, 6.07) is 3.17. The molecule has 1 aromatic rings. The number of piperazine rings is 1. The fraction of sp³-hybridized carbons (Fsp3) is 0.417. The maximum absolute atomic E-state index is 11.8. The lowest BCUT2D eigenvalue weighted by Crippen LogP contribution is -2.47. The Morgan fingerprint density at radius 1 is 1.22 bits per heavy atom. The number of amides is 1. The quantitative estimate of drug-likeness (QED) is 0.794. The van der Waals surface area contributed by atoms with E-state index >= 15 is 0 Å². The number of fused-ring (bicyclic) bond motifs is 1. The number of carbonyl (C=O) groups is 1. The van der Waals surface area contributed by atoms with Crippen LogP contribution < -0.4 is 20.1 Å². The average molecular weight is 269 g/mol. The van der Waals surface area contributed by atoms with Gasteiger partial charge in [0.05, 0.1) is 5.02 Å². The molecule has 5 nitrogen and oxygen atoms in total. The molecule has 3 rings (SSSR count). The van der Waals surface area contributed by atoms with Gasteiger partial charge in [0.25, 0.3) is 0 Å². The van der Waals surface area contributed by atoms with Gasteiger partial charge >= 0.3 is 0 Å². The number of halogens is 1. The Balaban J connectivity index is 1.97. The molecule has 1 aromatic carbocycles. The zero-order valence-electron chi connectivity index (χ0n) is 9.66. The Labute approximate surface area is 109 Å². The summed E-state index contributed by atoms with van der Waals surface area (Å²) in [4.78, 5) is 11.8. The van der Waals surface area contributed by atoms with E-state index in [9.17, 15) is 4.79 Å². The Morgan fingerprint density at radius 2 is 2.06 bits per heavy atom. The first-order chi connectivity index (χ1) is 8.75. The SMILES string of the molecule is O=C1NCCNC1c1cc(Cl)c2c(c1)OCCO2. The number of benzene rings is 1. The molecule has 2 aliphatic heterocycles. The minimum absolute atomic E-state index is 0.0472. The first-order valence-corrected chi connectivity index (χ1v) is 6.23. The highest BCUT2D eigenvalue weighted by Gasteiger charge is 2.26. The van der Waals surface area contributed by atoms with Crippen LogP contribution in [0.5, 0.6) is 11.5 Å². The molecule has 2 heterocycles. The van der Waals surface area contributed by atoms with Gasteiger partial charge in [0, 0.05) is 13.1 Å². The van der Waals surface area contributed by atoms with Crippen LogP contribution >= 0.6 is 11.6 Å². The van der Waals surface area contributed by atoms with Crippen LogP contribution in [0.3, 0.4) is 0 Å². The van der Waals surface area contributed by atoms with Gasteiger partial charge in [-0.25, -0.2) is 0 Å². The maximum Gasteiger partial charge on any atom is 0.241 e. The number of ether oxygens (including phenoxy) is 2. The van der Waals surface area contributed by atoms with Gasteiger partial charge in [-0.15, -0.1) is 0 Å². The molecule has 18 heavy (non-hydrogen) atoms. The first-order valence-electron chi connectivity index (χ1n) is 5.86. The lowest BCUT2D eigenvalue weighted by Gasteiger charge is -2.26. The second-order valence-corrected chi connectivity index (χ2v) is 4.61. The number of hydrogen-bond donors (Lipinski definition) is 2. The molecule has 1 unspecified atom stereocenters. The second-order valence-electron chi connectivity index (χ2n) is 4.21. The Morgan fingerprint density at radius 3 is 2.89 bits per heavy atom. The van der Waals surface area contributed by atoms with Crippen molar-refractivity contribution >= 4 is 17.5 Å². The minimum Gasteiger partial charge on any atom is -0.486 e. The molecule has 1 amide bonds. The zero-order valence-corrected chi connectivity index (χ0v) is 10.4. The van der Waals surface area contributed by atoms with Crippen molar-refractivity contribution in [3.8, 4) is 11.5 Å². The van der Waals surface area contributed by atoms with Crippen molar-refractivity contribution < 1.29 is 14.3 Å². The summed E-state index contributed by atoms with van der Waals surface area (Å²) >= 11 is 6.15. The van der Waals surface area contributed by atoms with E-state index in [4.69, 9.17) is 21.1 Å². The monoisotopic (exact) mass is 268 g/mol. The topological polar surface area (TPSA) is 59.6 Å². The van der Waals surface area contributed by atoms with Gasteiger partial charge in [0.1, 0.15) is 19.3 Å². The largest absolute Gasteiger partial charge is 0.486 e. The molecule has 0 aromatic heterocycles. The summed E-state index contributed by atoms with van der Waals surface area (Å²) in [6.07, 6.45) is 0. The highest BCUT2D eigenvalue weighted by atomic mass is 35.5. The number of hydrogen-bond acceptors (Lipinski definition) is 4. The summed E-state index contributed by atoms with van der Waals surface area (Å²) in [6.45, 7) is 2.38. The molecule has 2 N–H and O–H groups in total. The van der Waals surface area contributed by atoms with Gasteiger partial charge in [-0.2, -0.15) is 0 Å². The summed E-state index contributed by atoms with van der Waals surface area (Å²) in [5.41, 5.74) is 0.793. The van der Waals surface area contributed by atoms with Crippen LogP contribution in [0.2, 0.25) is 5.02 Å². The van der Waals surface area contributed by atoms with Crippen molar-refractivity contribution in [1.82, 2.24) is 10.6 Å². The van der Waals surface area contributed by atoms with Crippen LogP contribution in [-0.2, 0) is 4.79 Å². The summed E-state index contributed by atoms with van der Waals surface area (Å²) in [5, 5.41) is 6.44. The van der Waals surface area contributed by atoms with E-state index in [1.807, 2.05) is 6.07 Å². The molecular weight excluding hydrogens is 256 g/mol. The van der Waals surface area contributed by atoms with Gasteiger partial charge in [-0.05, 0) is 17.7 Å². The predicted octanol–water partition coefficient (Wildman–Crippen LogP) is 0.872. The van der Waals surface area contributed by atoms with Crippen LogP contribution in [0.15, 0.2) is 12.1 Å². The standard InChI is InChI=1S/C12H13ClN2O3/c13-8-5-7(10-12(16)15-2-1-14-10)6-9-11(8)18-4-3-17-9/h5-6,10,14H,1-4H2,(H,15,16). The summed E-state index contributed by atoms with van der Waals surface area (Å²) in [5.74, 6) is 1.11. The molecule has 6 heteroatoms. The van der Waals surface area contributed by atoms with Gasteiger partial charge < -0.3 is 20.1 Å². The van der Waals surface area contributed by atoms with Crippen LogP contribution in [0.4, 0.5) is 0 Å². The number of rotatable bonds is 1. The van der Waals surface area contributed by atoms with Gasteiger partial charge in [0.15, 0.2) is 11.5 Å². The van der Waals surface area contributed by atoms with Gasteiger partial charge in [-0.1, -0.05) is 11.6 Å². The molecule has 0 aliphatic carbocycles. The van der Waals surface area contributed by atoms with E-state index in [0.717, 1.165) is 12.1 Å². The van der Waals surface area contributed by atoms with Gasteiger partial charge in [-0.3, -0.25) is 4.79 Å². The third-order valence-corrected chi connectivity index (χ3v) is 3.27. The number of carbonyl (C=O) groups excluding carboxylic acids is 1. The third-order valence-electron chi connectivity index (χ3n) is 2.99. The van der Waals surface area contributed by atoms with Crippen LogP contribution in [0, 0.1) is 0 Å². The zero-order chi connectivity index (χ0) is 12.5. The van der Waals surface area contributed by atoms with Gasteiger partial charge in [0.2, 0.25) is 5.91 Å². The van der Waals surface area contributed by atoms with Crippen molar-refractivity contribution in [2.45, 2.75) is 6.04 Å². The summed E-state index contributed by atoms with van der Waals surface area (Å²) < 4.78 is 10.9. The molecule has 1 saturated heterocycles. The Hall–Kier alpha value is -1.46. The molecule has 1 fully saturated rings. The van der Waals surface area contributed by atoms with Crippen LogP contribution in [-0.4, -0.2) is 32.2 Å². The maximum atomic E-state index is 11.8. The molecular formula is C12H13ClN2O3. The highest BCUT2D eigenvalue weighted by molar-refractivity contribution is 6.32. The summed E-state index contributed by atoms with van der Waals surface area (Å²) in [7, 11) is 0. The minimum atomic E-state index is -0.382. The number of nitrogens with one attached hydrogen (secondary N) is 2. The van der Waals surface area contributed by atoms with E-state index in [-0.39, 0.29) is 11.9 Å². The van der Waals surface area contributed by atoms with E-state index in [2.05, 4.69) is 10.6 Å². The third kappa shape index (κ3) is 2.00. The van der Waals surface area contributed by atoms with Crippen molar-refractivity contribution in [3.63, 3.8) is 0 Å². The Kier molecular flexibility index (Phi) is 3.01. The van der Waals surface area contributed by atoms with E-state index < -0.39 is 0 Å². The van der Waals surface area contributed by atoms with Crippen molar-refractivity contribution in [3.05, 3.63) is 22.7 Å². The smallest absolute Gasteiger partial charge is 0.241 e. The lowest BCUT2D eigenvalue weighted by molar-refractivity contribution is -0.124. The van der Waals surface area contributed by atoms with Crippen LogP contribution in [0.1, 0.15) is 11.6 Å². The van der Waals surface area contributed by atoms with Crippen molar-refractivity contribution in [2.24, 2.45) is 0 Å². The molecule has 2 aliphatic rings. The van der Waals surface area contributed by atoms with E-state index in [1.165, 1.54) is 0 Å². The molecule has 0 saturated carbocycles. The van der Waals surface area contributed by atoms with Crippen molar-refractivity contribution in [1.29, 1.82) is 0 Å². The van der Waals surface area contributed by atoms with E-state index in [1.54, 1.807) is 6.07 Å². The second kappa shape index (κ2) is 4.66.